The zero-order valence-corrected chi connectivity index (χ0v) is 11.2. The molecule has 90 valence electrons. The largest absolute Gasteiger partial charge is 0.399 e. The summed E-state index contributed by atoms with van der Waals surface area (Å²) in [4.78, 5) is 5.71. The van der Waals surface area contributed by atoms with Crippen molar-refractivity contribution < 1.29 is 0 Å². The minimum atomic E-state index is 0.767. The maximum Gasteiger partial charge on any atom is 0.183 e. The Morgan fingerprint density at radius 3 is 2.71 bits per heavy atom. The van der Waals surface area contributed by atoms with Crippen molar-refractivity contribution in [3.05, 3.63) is 39.9 Å². The van der Waals surface area contributed by atoms with E-state index in [1.165, 1.54) is 10.4 Å². The minimum Gasteiger partial charge on any atom is -0.399 e. The van der Waals surface area contributed by atoms with Crippen LogP contribution in [0.25, 0.3) is 0 Å². The Bertz CT molecular complexity index is 512. The van der Waals surface area contributed by atoms with Gasteiger partial charge in [-0.1, -0.05) is 12.1 Å². The highest BCUT2D eigenvalue weighted by Crippen LogP contribution is 2.23. The quantitative estimate of drug-likeness (QED) is 0.818. The molecule has 0 aliphatic heterocycles. The number of benzene rings is 1. The molecule has 0 bridgehead atoms. The molecule has 4 heteroatoms. The lowest BCUT2D eigenvalue weighted by atomic mass is 10.1. The summed E-state index contributed by atoms with van der Waals surface area (Å²) < 4.78 is 0. The summed E-state index contributed by atoms with van der Waals surface area (Å²) in [6.07, 6.45) is 0. The third-order valence-electron chi connectivity index (χ3n) is 2.95. The second-order valence-electron chi connectivity index (χ2n) is 4.15. The highest BCUT2D eigenvalue weighted by molar-refractivity contribution is 7.15. The molecule has 17 heavy (non-hydrogen) atoms. The van der Waals surface area contributed by atoms with Crippen LogP contribution >= 0.6 is 11.3 Å². The van der Waals surface area contributed by atoms with Gasteiger partial charge in [0.05, 0.1) is 5.69 Å². The first-order valence-electron chi connectivity index (χ1n) is 5.60. The van der Waals surface area contributed by atoms with Crippen molar-refractivity contribution in [1.82, 2.24) is 4.98 Å². The van der Waals surface area contributed by atoms with Gasteiger partial charge >= 0.3 is 0 Å². The lowest BCUT2D eigenvalue weighted by Gasteiger charge is -2.08. The van der Waals surface area contributed by atoms with Crippen LogP contribution < -0.4 is 11.1 Å². The maximum atomic E-state index is 5.88. The molecule has 0 aliphatic carbocycles. The molecule has 0 saturated heterocycles. The van der Waals surface area contributed by atoms with E-state index in [-0.39, 0.29) is 0 Å². The molecule has 0 unspecified atom stereocenters. The van der Waals surface area contributed by atoms with E-state index >= 15 is 0 Å². The van der Waals surface area contributed by atoms with Crippen LogP contribution in [0.4, 0.5) is 10.8 Å². The third-order valence-corrected chi connectivity index (χ3v) is 3.98. The first-order valence-corrected chi connectivity index (χ1v) is 6.41. The van der Waals surface area contributed by atoms with Crippen LogP contribution in [-0.2, 0) is 6.54 Å². The lowest BCUT2D eigenvalue weighted by Crippen LogP contribution is -2.02. The number of thiazole rings is 1. The number of rotatable bonds is 3. The Morgan fingerprint density at radius 1 is 1.29 bits per heavy atom. The van der Waals surface area contributed by atoms with Gasteiger partial charge in [-0.05, 0) is 38.0 Å². The molecule has 3 N–H and O–H groups in total. The summed E-state index contributed by atoms with van der Waals surface area (Å²) >= 11 is 1.69. The second kappa shape index (κ2) is 4.75. The molecule has 0 radical (unpaired) electrons. The summed E-state index contributed by atoms with van der Waals surface area (Å²) in [6.45, 7) is 6.93. The van der Waals surface area contributed by atoms with Crippen LogP contribution in [0.5, 0.6) is 0 Å². The summed E-state index contributed by atoms with van der Waals surface area (Å²) in [7, 11) is 0. The highest BCUT2D eigenvalue weighted by Gasteiger charge is 2.05. The average Bonchev–Trinajstić information content (AvgIpc) is 2.61. The molecule has 2 aromatic rings. The molecule has 0 fully saturated rings. The lowest BCUT2D eigenvalue weighted by molar-refractivity contribution is 1.10. The van der Waals surface area contributed by atoms with Crippen molar-refractivity contribution in [2.45, 2.75) is 27.3 Å². The van der Waals surface area contributed by atoms with Gasteiger partial charge in [0, 0.05) is 17.1 Å². The highest BCUT2D eigenvalue weighted by atomic mass is 32.1. The summed E-state index contributed by atoms with van der Waals surface area (Å²) in [5.41, 5.74) is 10.2. The van der Waals surface area contributed by atoms with Gasteiger partial charge in [0.1, 0.15) is 0 Å². The Hall–Kier alpha value is -1.55. The molecule has 0 saturated carbocycles. The zero-order chi connectivity index (χ0) is 12.4. The van der Waals surface area contributed by atoms with E-state index in [0.717, 1.165) is 28.6 Å². The number of hydrogen-bond donors (Lipinski definition) is 2. The van der Waals surface area contributed by atoms with Crippen molar-refractivity contribution in [3.63, 3.8) is 0 Å². The molecule has 0 aliphatic rings. The number of nitrogen functional groups attached to an aromatic ring is 1. The van der Waals surface area contributed by atoms with Crippen LogP contribution in [0.1, 0.15) is 21.7 Å². The van der Waals surface area contributed by atoms with Crippen LogP contribution in [-0.4, -0.2) is 4.98 Å². The fourth-order valence-electron chi connectivity index (χ4n) is 1.61. The first kappa shape index (κ1) is 11.9. The molecule has 0 amide bonds. The van der Waals surface area contributed by atoms with Crippen LogP contribution in [0.2, 0.25) is 0 Å². The van der Waals surface area contributed by atoms with E-state index in [2.05, 4.69) is 23.3 Å². The summed E-state index contributed by atoms with van der Waals surface area (Å²) in [5.74, 6) is 0. The Morgan fingerprint density at radius 2 is 2.06 bits per heavy atom. The monoisotopic (exact) mass is 247 g/mol. The number of hydrogen-bond acceptors (Lipinski definition) is 4. The van der Waals surface area contributed by atoms with Crippen molar-refractivity contribution >= 4 is 22.2 Å². The van der Waals surface area contributed by atoms with Gasteiger partial charge in [-0.2, -0.15) is 0 Å². The molecule has 3 nitrogen and oxygen atoms in total. The number of aromatic nitrogens is 1. The summed E-state index contributed by atoms with van der Waals surface area (Å²) in [6, 6.07) is 6.00. The standard InChI is InChI=1S/C13H17N3S/c1-8-11(5-4-6-12(8)14)7-15-13-16-9(2)10(3)17-13/h4-6H,7,14H2,1-3H3,(H,15,16). The Labute approximate surface area is 106 Å². The van der Waals surface area contributed by atoms with Gasteiger partial charge in [-0.25, -0.2) is 4.98 Å². The van der Waals surface area contributed by atoms with Crippen LogP contribution in [0, 0.1) is 20.8 Å². The zero-order valence-electron chi connectivity index (χ0n) is 10.4. The van der Waals surface area contributed by atoms with E-state index in [1.807, 2.05) is 26.0 Å². The molecular weight excluding hydrogens is 230 g/mol. The molecule has 2 rings (SSSR count). The van der Waals surface area contributed by atoms with E-state index < -0.39 is 0 Å². The molecular formula is C13H17N3S. The van der Waals surface area contributed by atoms with Crippen molar-refractivity contribution in [2.75, 3.05) is 11.1 Å². The third kappa shape index (κ3) is 2.58. The molecule has 1 heterocycles. The smallest absolute Gasteiger partial charge is 0.183 e. The fraction of sp³-hybridized carbons (Fsp3) is 0.308. The van der Waals surface area contributed by atoms with E-state index in [1.54, 1.807) is 11.3 Å². The number of nitrogens with two attached hydrogens (primary N) is 1. The maximum absolute atomic E-state index is 5.88. The average molecular weight is 247 g/mol. The first-order chi connectivity index (χ1) is 8.08. The van der Waals surface area contributed by atoms with Gasteiger partial charge in [0.2, 0.25) is 0 Å². The number of nitrogens with zero attached hydrogens (tertiary/aromatic N) is 1. The van der Waals surface area contributed by atoms with Gasteiger partial charge < -0.3 is 11.1 Å². The van der Waals surface area contributed by atoms with Crippen molar-refractivity contribution in [3.8, 4) is 0 Å². The predicted molar refractivity (Wildman–Crippen MR) is 74.5 cm³/mol. The SMILES string of the molecule is Cc1nc(NCc2cccc(N)c2C)sc1C. The Balaban J connectivity index is 2.10. The normalized spacial score (nSPS) is 10.5. The van der Waals surface area contributed by atoms with Crippen molar-refractivity contribution in [1.29, 1.82) is 0 Å². The molecule has 0 atom stereocenters. The Kier molecular flexibility index (Phi) is 3.33. The van der Waals surface area contributed by atoms with E-state index in [4.69, 9.17) is 5.73 Å². The van der Waals surface area contributed by atoms with E-state index in [0.29, 0.717) is 0 Å². The summed E-state index contributed by atoms with van der Waals surface area (Å²) in [5, 5.41) is 4.32. The van der Waals surface area contributed by atoms with Crippen molar-refractivity contribution in [2.24, 2.45) is 0 Å². The van der Waals surface area contributed by atoms with Gasteiger partial charge in [-0.15, -0.1) is 11.3 Å². The fourth-order valence-corrected chi connectivity index (χ4v) is 2.42. The van der Waals surface area contributed by atoms with Crippen LogP contribution in [0.15, 0.2) is 18.2 Å². The number of aryl methyl sites for hydroxylation is 2. The van der Waals surface area contributed by atoms with Crippen LogP contribution in [0.3, 0.4) is 0 Å². The second-order valence-corrected chi connectivity index (χ2v) is 5.35. The number of anilines is 2. The molecule has 1 aromatic heterocycles. The van der Waals surface area contributed by atoms with Gasteiger partial charge in [0.15, 0.2) is 5.13 Å². The topological polar surface area (TPSA) is 50.9 Å². The van der Waals surface area contributed by atoms with E-state index in [9.17, 15) is 0 Å². The minimum absolute atomic E-state index is 0.767. The number of nitrogens with one attached hydrogen (secondary N) is 1. The van der Waals surface area contributed by atoms with Gasteiger partial charge in [0.25, 0.3) is 0 Å². The molecule has 1 aromatic carbocycles. The molecule has 0 spiro atoms. The van der Waals surface area contributed by atoms with Gasteiger partial charge in [-0.3, -0.25) is 0 Å². The predicted octanol–water partition coefficient (Wildman–Crippen LogP) is 3.26.